The van der Waals surface area contributed by atoms with Crippen LogP contribution in [0.25, 0.3) is 0 Å². The molecule has 0 aliphatic heterocycles. The normalized spacial score (nSPS) is 10.4. The lowest BCUT2D eigenvalue weighted by molar-refractivity contribution is 0.183. The molecule has 23 heavy (non-hydrogen) atoms. The van der Waals surface area contributed by atoms with Gasteiger partial charge in [-0.1, -0.05) is 54.1 Å². The number of benzene rings is 2. The standard InChI is InChI=1S/C18H21ClN2O2/c1-21(12-15-8-5-6-10-17(15)19)18(22)20-11-14-7-3-4-9-16(14)13-23-2/h3-10H,11-13H2,1-2H3,(H,20,22). The molecule has 2 amide bonds. The second-order valence-electron chi connectivity index (χ2n) is 5.31. The lowest BCUT2D eigenvalue weighted by atomic mass is 10.1. The number of nitrogens with one attached hydrogen (secondary N) is 1. The van der Waals surface area contributed by atoms with E-state index in [1.807, 2.05) is 48.5 Å². The highest BCUT2D eigenvalue weighted by Gasteiger charge is 2.11. The molecule has 0 bridgehead atoms. The summed E-state index contributed by atoms with van der Waals surface area (Å²) in [6.07, 6.45) is 0. The molecular weight excluding hydrogens is 312 g/mol. The van der Waals surface area contributed by atoms with Crippen LogP contribution in [0, 0.1) is 0 Å². The van der Waals surface area contributed by atoms with Crippen molar-refractivity contribution in [3.8, 4) is 0 Å². The average Bonchev–Trinajstić information content (AvgIpc) is 2.56. The third-order valence-corrected chi connectivity index (χ3v) is 3.93. The molecule has 0 saturated heterocycles. The van der Waals surface area contributed by atoms with Crippen molar-refractivity contribution in [2.45, 2.75) is 19.7 Å². The molecule has 122 valence electrons. The molecule has 0 radical (unpaired) electrons. The van der Waals surface area contributed by atoms with Crippen molar-refractivity contribution in [2.24, 2.45) is 0 Å². The van der Waals surface area contributed by atoms with E-state index in [4.69, 9.17) is 16.3 Å². The van der Waals surface area contributed by atoms with Crippen LogP contribution in [0.1, 0.15) is 16.7 Å². The molecule has 0 fully saturated rings. The van der Waals surface area contributed by atoms with Crippen molar-refractivity contribution in [2.75, 3.05) is 14.2 Å². The third kappa shape index (κ3) is 4.98. The van der Waals surface area contributed by atoms with Crippen LogP contribution in [0.15, 0.2) is 48.5 Å². The second-order valence-corrected chi connectivity index (χ2v) is 5.72. The SMILES string of the molecule is COCc1ccccc1CNC(=O)N(C)Cc1ccccc1Cl. The summed E-state index contributed by atoms with van der Waals surface area (Å²) in [6, 6.07) is 15.3. The molecule has 4 nitrogen and oxygen atoms in total. The van der Waals surface area contributed by atoms with E-state index in [0.717, 1.165) is 16.7 Å². The highest BCUT2D eigenvalue weighted by Crippen LogP contribution is 2.16. The molecule has 2 aromatic rings. The summed E-state index contributed by atoms with van der Waals surface area (Å²) >= 11 is 6.13. The zero-order valence-electron chi connectivity index (χ0n) is 13.4. The number of hydrogen-bond donors (Lipinski definition) is 1. The Balaban J connectivity index is 1.93. The van der Waals surface area contributed by atoms with Crippen molar-refractivity contribution >= 4 is 17.6 Å². The van der Waals surface area contributed by atoms with Gasteiger partial charge in [-0.3, -0.25) is 0 Å². The van der Waals surface area contributed by atoms with Gasteiger partial charge in [-0.25, -0.2) is 4.79 Å². The number of halogens is 1. The first-order valence-electron chi connectivity index (χ1n) is 7.40. The van der Waals surface area contributed by atoms with E-state index < -0.39 is 0 Å². The average molecular weight is 333 g/mol. The minimum atomic E-state index is -0.142. The van der Waals surface area contributed by atoms with Gasteiger partial charge >= 0.3 is 6.03 Å². The summed E-state index contributed by atoms with van der Waals surface area (Å²) in [5.41, 5.74) is 3.05. The predicted octanol–water partition coefficient (Wildman–Crippen LogP) is 3.83. The van der Waals surface area contributed by atoms with E-state index in [2.05, 4.69) is 5.32 Å². The monoisotopic (exact) mass is 332 g/mol. The number of hydrogen-bond acceptors (Lipinski definition) is 2. The molecule has 2 rings (SSSR count). The largest absolute Gasteiger partial charge is 0.380 e. The molecule has 0 saturated carbocycles. The van der Waals surface area contributed by atoms with Crippen molar-refractivity contribution in [3.05, 3.63) is 70.2 Å². The number of carbonyl (C=O) groups is 1. The van der Waals surface area contributed by atoms with Crippen LogP contribution in [0.2, 0.25) is 5.02 Å². The van der Waals surface area contributed by atoms with Gasteiger partial charge in [0.25, 0.3) is 0 Å². The Morgan fingerprint density at radius 1 is 1.09 bits per heavy atom. The lowest BCUT2D eigenvalue weighted by Crippen LogP contribution is -2.36. The molecule has 0 aliphatic rings. The molecule has 0 aliphatic carbocycles. The lowest BCUT2D eigenvalue weighted by Gasteiger charge is -2.19. The molecular formula is C18H21ClN2O2. The van der Waals surface area contributed by atoms with Gasteiger partial charge in [0.15, 0.2) is 0 Å². The summed E-state index contributed by atoms with van der Waals surface area (Å²) in [6.45, 7) is 1.46. The molecule has 0 aromatic heterocycles. The number of urea groups is 1. The van der Waals surface area contributed by atoms with Crippen LogP contribution in [-0.2, 0) is 24.4 Å². The van der Waals surface area contributed by atoms with Gasteiger partial charge in [0.2, 0.25) is 0 Å². The maximum Gasteiger partial charge on any atom is 0.317 e. The Morgan fingerprint density at radius 2 is 1.70 bits per heavy atom. The molecule has 0 unspecified atom stereocenters. The minimum Gasteiger partial charge on any atom is -0.380 e. The molecule has 0 atom stereocenters. The van der Waals surface area contributed by atoms with Gasteiger partial charge < -0.3 is 15.0 Å². The molecule has 2 aromatic carbocycles. The van der Waals surface area contributed by atoms with E-state index >= 15 is 0 Å². The van der Waals surface area contributed by atoms with E-state index in [0.29, 0.717) is 24.7 Å². The summed E-state index contributed by atoms with van der Waals surface area (Å²) < 4.78 is 5.18. The zero-order valence-corrected chi connectivity index (χ0v) is 14.1. The molecule has 5 heteroatoms. The van der Waals surface area contributed by atoms with E-state index in [1.165, 1.54) is 0 Å². The van der Waals surface area contributed by atoms with Gasteiger partial charge in [-0.05, 0) is 22.8 Å². The van der Waals surface area contributed by atoms with Crippen molar-refractivity contribution in [1.29, 1.82) is 0 Å². The summed E-state index contributed by atoms with van der Waals surface area (Å²) in [7, 11) is 3.41. The van der Waals surface area contributed by atoms with Crippen LogP contribution < -0.4 is 5.32 Å². The number of methoxy groups -OCH3 is 1. The minimum absolute atomic E-state index is 0.142. The Bertz CT molecular complexity index is 661. The second kappa shape index (κ2) is 8.56. The van der Waals surface area contributed by atoms with Crippen LogP contribution in [0.5, 0.6) is 0 Å². The van der Waals surface area contributed by atoms with Gasteiger partial charge in [0.05, 0.1) is 6.61 Å². The Hall–Kier alpha value is -2.04. The van der Waals surface area contributed by atoms with Gasteiger partial charge in [-0.2, -0.15) is 0 Å². The zero-order chi connectivity index (χ0) is 16.7. The van der Waals surface area contributed by atoms with E-state index in [1.54, 1.807) is 19.1 Å². The van der Waals surface area contributed by atoms with E-state index in [9.17, 15) is 4.79 Å². The van der Waals surface area contributed by atoms with Gasteiger partial charge in [0, 0.05) is 32.3 Å². The quantitative estimate of drug-likeness (QED) is 0.873. The highest BCUT2D eigenvalue weighted by molar-refractivity contribution is 6.31. The predicted molar refractivity (Wildman–Crippen MR) is 92.3 cm³/mol. The van der Waals surface area contributed by atoms with Crippen LogP contribution in [0.3, 0.4) is 0 Å². The molecule has 1 N–H and O–H groups in total. The molecule has 0 spiro atoms. The van der Waals surface area contributed by atoms with Crippen molar-refractivity contribution in [3.63, 3.8) is 0 Å². The Morgan fingerprint density at radius 3 is 2.35 bits per heavy atom. The fourth-order valence-corrected chi connectivity index (χ4v) is 2.48. The number of ether oxygens (including phenoxy) is 1. The third-order valence-electron chi connectivity index (χ3n) is 3.56. The summed E-state index contributed by atoms with van der Waals surface area (Å²) in [5, 5.41) is 3.59. The van der Waals surface area contributed by atoms with Crippen LogP contribution >= 0.6 is 11.6 Å². The molecule has 0 heterocycles. The maximum absolute atomic E-state index is 12.2. The van der Waals surface area contributed by atoms with Crippen LogP contribution in [-0.4, -0.2) is 25.1 Å². The van der Waals surface area contributed by atoms with E-state index in [-0.39, 0.29) is 6.03 Å². The first kappa shape index (κ1) is 17.3. The van der Waals surface area contributed by atoms with Crippen molar-refractivity contribution < 1.29 is 9.53 Å². The first-order valence-corrected chi connectivity index (χ1v) is 7.77. The fraction of sp³-hybridized carbons (Fsp3) is 0.278. The number of carbonyl (C=O) groups excluding carboxylic acids is 1. The Kier molecular flexibility index (Phi) is 6.44. The summed E-state index contributed by atoms with van der Waals surface area (Å²) in [4.78, 5) is 13.9. The highest BCUT2D eigenvalue weighted by atomic mass is 35.5. The number of rotatable bonds is 6. The van der Waals surface area contributed by atoms with Crippen LogP contribution in [0.4, 0.5) is 4.79 Å². The van der Waals surface area contributed by atoms with Gasteiger partial charge in [0.1, 0.15) is 0 Å². The first-order chi connectivity index (χ1) is 11.1. The van der Waals surface area contributed by atoms with Gasteiger partial charge in [-0.15, -0.1) is 0 Å². The maximum atomic E-state index is 12.2. The number of nitrogens with zero attached hydrogens (tertiary/aromatic N) is 1. The summed E-state index contributed by atoms with van der Waals surface area (Å²) in [5.74, 6) is 0. The fourth-order valence-electron chi connectivity index (χ4n) is 2.29. The topological polar surface area (TPSA) is 41.6 Å². The Labute approximate surface area is 142 Å². The smallest absolute Gasteiger partial charge is 0.317 e. The number of amides is 2. The van der Waals surface area contributed by atoms with Crippen molar-refractivity contribution in [1.82, 2.24) is 10.2 Å².